The Morgan fingerprint density at radius 3 is 2.15 bits per heavy atom. The maximum Gasteiger partial charge on any atom is 0.435 e. The average molecular weight is 1070 g/mol. The summed E-state index contributed by atoms with van der Waals surface area (Å²) in [7, 11) is -8.59. The summed E-state index contributed by atoms with van der Waals surface area (Å²) in [6.07, 6.45) is -9.73. The van der Waals surface area contributed by atoms with Gasteiger partial charge in [0, 0.05) is 46.9 Å². The van der Waals surface area contributed by atoms with Gasteiger partial charge in [-0.05, 0) is 87.3 Å². The highest BCUT2D eigenvalue weighted by Crippen LogP contribution is 2.68. The number of aromatic nitrogens is 5. The molecule has 3 aliphatic rings. The third-order valence-electron chi connectivity index (χ3n) is 12.6. The number of hydrogen-bond donors (Lipinski definition) is 2. The van der Waals surface area contributed by atoms with Gasteiger partial charge < -0.3 is 11.1 Å². The van der Waals surface area contributed by atoms with Crippen LogP contribution >= 0.6 is 11.6 Å². The standard InChI is InChI=1S/C44H39ClF10N8O6S2/c1-41(2,70(3,66)67)10-9-25-5-6-26(27-7-8-30(45)34-36(27)62(19-42(48,49)50)60-39(34)63(71(4,68)69)40(65)21-14-24(56)15-21)35(57-25)31(13-20-11-22(46)16-23(47)12-20)58-32(64)18-61-38-33(37(59-61)44(53,54)55)28-17-29(28)43(38,51)52/h5-8,11-12,16,21,24,28-29,31H,13-15,17-19,56H2,1-4H3,(H,58,64)/t21?,24?,28-,29+,31-/m0/s1. The molecule has 5 aromatic rings. The number of pyridine rings is 1. The van der Waals surface area contributed by atoms with Crippen LogP contribution in [0.2, 0.25) is 5.02 Å². The zero-order valence-corrected chi connectivity index (χ0v) is 39.7. The lowest BCUT2D eigenvalue weighted by Crippen LogP contribution is -2.48. The fourth-order valence-corrected chi connectivity index (χ4v) is 10.2. The smallest absolute Gasteiger partial charge is 0.346 e. The van der Waals surface area contributed by atoms with Crippen molar-refractivity contribution in [3.63, 3.8) is 0 Å². The van der Waals surface area contributed by atoms with Crippen molar-refractivity contribution in [3.8, 4) is 23.0 Å². The Kier molecular flexibility index (Phi) is 12.7. The Morgan fingerprint density at radius 1 is 0.944 bits per heavy atom. The number of nitrogens with zero attached hydrogens (tertiary/aromatic N) is 6. The van der Waals surface area contributed by atoms with E-state index in [4.69, 9.17) is 17.3 Å². The molecule has 0 bridgehead atoms. The number of sulfonamides is 1. The van der Waals surface area contributed by atoms with E-state index in [0.29, 0.717) is 17.0 Å². The van der Waals surface area contributed by atoms with E-state index < -0.39 is 160 Å². The van der Waals surface area contributed by atoms with Crippen molar-refractivity contribution in [3.05, 3.63) is 93.0 Å². The number of anilines is 1. The molecule has 0 aliphatic heterocycles. The number of halogens is 11. The van der Waals surface area contributed by atoms with Crippen LogP contribution in [0.3, 0.4) is 0 Å². The van der Waals surface area contributed by atoms with E-state index in [2.05, 4.69) is 32.3 Å². The lowest BCUT2D eigenvalue weighted by molar-refractivity contribution is -0.143. The fourth-order valence-electron chi connectivity index (χ4n) is 8.85. The van der Waals surface area contributed by atoms with Crippen LogP contribution in [0.5, 0.6) is 0 Å². The van der Waals surface area contributed by atoms with Crippen LogP contribution in [0.25, 0.3) is 22.0 Å². The number of alkyl halides is 8. The molecule has 3 aromatic heterocycles. The molecule has 0 radical (unpaired) electrons. The number of sulfone groups is 1. The minimum absolute atomic E-state index is 0.0226. The molecule has 14 nitrogen and oxygen atoms in total. The molecule has 8 rings (SSSR count). The average Bonchev–Trinajstić information content (AvgIpc) is 3.73. The van der Waals surface area contributed by atoms with Gasteiger partial charge in [-0.3, -0.25) is 19.0 Å². The summed E-state index contributed by atoms with van der Waals surface area (Å²) in [6, 6.07) is 4.46. The molecule has 0 spiro atoms. The summed E-state index contributed by atoms with van der Waals surface area (Å²) in [6.45, 7) is -0.730. The minimum atomic E-state index is -5.21. The van der Waals surface area contributed by atoms with Crippen LogP contribution in [0, 0.1) is 35.3 Å². The maximum absolute atomic E-state index is 15.6. The summed E-state index contributed by atoms with van der Waals surface area (Å²) in [4.78, 5) is 32.5. The summed E-state index contributed by atoms with van der Waals surface area (Å²) in [5.41, 5.74) is 0.187. The predicted molar refractivity (Wildman–Crippen MR) is 236 cm³/mol. The lowest BCUT2D eigenvalue weighted by atomic mass is 9.80. The Balaban J connectivity index is 1.36. The van der Waals surface area contributed by atoms with Gasteiger partial charge in [-0.1, -0.05) is 23.6 Å². The van der Waals surface area contributed by atoms with Gasteiger partial charge in [0.15, 0.2) is 21.3 Å². The first kappa shape index (κ1) is 51.6. The maximum atomic E-state index is 15.6. The highest BCUT2D eigenvalue weighted by atomic mass is 35.5. The third kappa shape index (κ3) is 9.93. The molecular formula is C44H39ClF10N8O6S2. The molecule has 2 amide bonds. The molecule has 2 saturated carbocycles. The first-order valence-corrected chi connectivity index (χ1v) is 25.4. The molecule has 27 heteroatoms. The van der Waals surface area contributed by atoms with E-state index >= 15 is 8.78 Å². The molecular weight excluding hydrogens is 1030 g/mol. The van der Waals surface area contributed by atoms with Crippen LogP contribution in [-0.4, -0.2) is 82.7 Å². The van der Waals surface area contributed by atoms with Crippen molar-refractivity contribution in [2.45, 2.75) is 93.6 Å². The fraction of sp³-hybridized carbons (Fsp3) is 0.432. The topological polar surface area (TPSA) is 192 Å². The van der Waals surface area contributed by atoms with Crippen LogP contribution in [-0.2, 0) is 61.1 Å². The second-order valence-electron chi connectivity index (χ2n) is 18.3. The minimum Gasteiger partial charge on any atom is -0.346 e. The highest BCUT2D eigenvalue weighted by Gasteiger charge is 2.68. The molecule has 0 unspecified atom stereocenters. The Morgan fingerprint density at radius 2 is 1.58 bits per heavy atom. The van der Waals surface area contributed by atoms with Gasteiger partial charge in [0.1, 0.15) is 40.9 Å². The van der Waals surface area contributed by atoms with Crippen LogP contribution in [0.1, 0.15) is 79.0 Å². The molecule has 3 N–H and O–H groups in total. The lowest BCUT2D eigenvalue weighted by Gasteiger charge is -2.34. The van der Waals surface area contributed by atoms with E-state index in [0.717, 1.165) is 30.5 Å². The molecule has 380 valence electrons. The van der Waals surface area contributed by atoms with Gasteiger partial charge in [0.2, 0.25) is 21.8 Å². The number of amides is 2. The van der Waals surface area contributed by atoms with Gasteiger partial charge in [0.05, 0.1) is 33.9 Å². The first-order chi connectivity index (χ1) is 32.7. The zero-order valence-electron chi connectivity index (χ0n) is 37.4. The predicted octanol–water partition coefficient (Wildman–Crippen LogP) is 7.32. The van der Waals surface area contributed by atoms with E-state index in [1.165, 1.54) is 26.0 Å². The Hall–Kier alpha value is -5.78. The van der Waals surface area contributed by atoms with Crippen molar-refractivity contribution in [1.82, 2.24) is 29.9 Å². The number of hydrogen-bond acceptors (Lipinski definition) is 10. The van der Waals surface area contributed by atoms with Crippen LogP contribution < -0.4 is 15.4 Å². The Bertz CT molecular complexity index is 3320. The van der Waals surface area contributed by atoms with Crippen molar-refractivity contribution < 1.29 is 70.3 Å². The second-order valence-corrected chi connectivity index (χ2v) is 23.1. The largest absolute Gasteiger partial charge is 0.435 e. The molecule has 3 heterocycles. The normalized spacial score (nSPS) is 20.1. The summed E-state index contributed by atoms with van der Waals surface area (Å²) in [5.74, 6) is -7.88. The molecule has 2 fully saturated rings. The second kappa shape index (κ2) is 17.5. The van der Waals surface area contributed by atoms with Gasteiger partial charge in [-0.2, -0.15) is 49.6 Å². The summed E-state index contributed by atoms with van der Waals surface area (Å²) < 4.78 is 198. The van der Waals surface area contributed by atoms with E-state index in [1.807, 2.05) is 0 Å². The number of benzene rings is 2. The zero-order chi connectivity index (χ0) is 52.3. The van der Waals surface area contributed by atoms with Crippen LogP contribution in [0.15, 0.2) is 42.5 Å². The van der Waals surface area contributed by atoms with Gasteiger partial charge in [-0.15, -0.1) is 0 Å². The highest BCUT2D eigenvalue weighted by molar-refractivity contribution is 7.93. The monoisotopic (exact) mass is 1060 g/mol. The number of carbonyl (C=O) groups excluding carboxylic acids is 2. The van der Waals surface area contributed by atoms with Crippen molar-refractivity contribution >= 4 is 60.0 Å². The first-order valence-electron chi connectivity index (χ1n) is 21.3. The number of nitrogens with one attached hydrogen (secondary N) is 1. The quantitative estimate of drug-likeness (QED) is 0.0946. The van der Waals surface area contributed by atoms with Gasteiger partial charge in [-0.25, -0.2) is 30.6 Å². The molecule has 3 atom stereocenters. The number of fused-ring (bicyclic) bond motifs is 4. The number of carbonyl (C=O) groups is 2. The van der Waals surface area contributed by atoms with Crippen molar-refractivity contribution in [2.24, 2.45) is 17.6 Å². The molecule has 0 saturated heterocycles. The van der Waals surface area contributed by atoms with Crippen molar-refractivity contribution in [1.29, 1.82) is 0 Å². The van der Waals surface area contributed by atoms with E-state index in [-0.39, 0.29) is 50.6 Å². The Labute approximate surface area is 402 Å². The molecule has 2 aromatic carbocycles. The SMILES string of the molecule is CC(C)(C#Cc1ccc(-c2ccc(Cl)c3c(N(C(=O)C4CC(N)C4)S(C)(=O)=O)nn(CC(F)(F)F)c23)c([C@H](Cc2cc(F)cc(F)c2)NC(=O)Cn2nc(C(F)(F)F)c3c2C(F)(F)[C@@H]2C[C@H]32)n1)S(C)(=O)=O. The molecule has 3 aliphatic carbocycles. The third-order valence-corrected chi connectivity index (χ3v) is 15.8. The summed E-state index contributed by atoms with van der Waals surface area (Å²) in [5, 5.41) is 8.88. The summed E-state index contributed by atoms with van der Waals surface area (Å²) >= 11 is 6.66. The number of nitrogens with two attached hydrogens (primary N) is 1. The van der Waals surface area contributed by atoms with Crippen LogP contribution in [0.4, 0.5) is 49.7 Å². The van der Waals surface area contributed by atoms with E-state index in [9.17, 15) is 61.5 Å². The number of rotatable bonds is 12. The van der Waals surface area contributed by atoms with E-state index in [1.54, 1.807) is 0 Å². The van der Waals surface area contributed by atoms with Crippen molar-refractivity contribution in [2.75, 3.05) is 16.8 Å². The van der Waals surface area contributed by atoms with Gasteiger partial charge >= 0.3 is 12.4 Å². The van der Waals surface area contributed by atoms with Gasteiger partial charge in [0.25, 0.3) is 5.92 Å². The molecule has 71 heavy (non-hydrogen) atoms.